The van der Waals surface area contributed by atoms with Crippen LogP contribution in [0.3, 0.4) is 0 Å². The third-order valence-corrected chi connectivity index (χ3v) is 14.4. The number of aromatic nitrogens is 6. The molecule has 2 aliphatic rings. The van der Waals surface area contributed by atoms with E-state index in [4.69, 9.17) is 9.51 Å². The standard InChI is InChI=1S/C46H47N9O5S2/c1-24(2)40(45(59)55-22-31(56)18-37(55)43(58)49-26(4)28-10-12-29(13-11-28)42-27(5)48-23-61-42)39-20-36(53-60-39)34-14-16-47-46(50-34)54-17-15-30(21-54)41-25(3)33-19-35(51-52-44(33)62-41)32-8-6-7-9-38(32)57/h6-14,16,19-20,23-24,26,30-31,37,40,56-57H,15,17-18,21-22H2,1-5H3,(H,49,58)/t26-,30+,31+,37-,40+/m0/s1. The molecule has 2 fully saturated rings. The van der Waals surface area contributed by atoms with Crippen LogP contribution in [0.15, 0.2) is 83.0 Å². The molecule has 9 rings (SSSR count). The number of thiophene rings is 1. The molecule has 2 saturated heterocycles. The Morgan fingerprint density at radius 3 is 2.52 bits per heavy atom. The van der Waals surface area contributed by atoms with Gasteiger partial charge in [-0.05, 0) is 74.1 Å². The number of benzene rings is 2. The van der Waals surface area contributed by atoms with Crippen molar-refractivity contribution in [2.75, 3.05) is 24.5 Å². The van der Waals surface area contributed by atoms with Gasteiger partial charge in [0.1, 0.15) is 34.0 Å². The maximum Gasteiger partial charge on any atom is 0.243 e. The summed E-state index contributed by atoms with van der Waals surface area (Å²) >= 11 is 3.24. The maximum atomic E-state index is 14.4. The Kier molecular flexibility index (Phi) is 11.3. The van der Waals surface area contributed by atoms with Gasteiger partial charge < -0.3 is 29.9 Å². The zero-order valence-electron chi connectivity index (χ0n) is 35.0. The largest absolute Gasteiger partial charge is 0.507 e. The molecule has 5 aromatic heterocycles. The van der Waals surface area contributed by atoms with Gasteiger partial charge in [0.15, 0.2) is 0 Å². The lowest BCUT2D eigenvalue weighted by Gasteiger charge is -2.29. The molecule has 7 aromatic rings. The van der Waals surface area contributed by atoms with Crippen LogP contribution in [0.25, 0.3) is 43.3 Å². The van der Waals surface area contributed by atoms with Crippen molar-refractivity contribution < 1.29 is 24.3 Å². The van der Waals surface area contributed by atoms with Gasteiger partial charge in [0.05, 0.1) is 39.6 Å². The summed E-state index contributed by atoms with van der Waals surface area (Å²) in [7, 11) is 0. The fraction of sp³-hybridized carbons (Fsp3) is 0.348. The highest BCUT2D eigenvalue weighted by Crippen LogP contribution is 2.41. The number of aromatic hydroxyl groups is 1. The molecule has 318 valence electrons. The lowest BCUT2D eigenvalue weighted by molar-refractivity contribution is -0.141. The summed E-state index contributed by atoms with van der Waals surface area (Å²) in [6.45, 7) is 11.4. The molecule has 0 saturated carbocycles. The monoisotopic (exact) mass is 869 g/mol. The van der Waals surface area contributed by atoms with Crippen molar-refractivity contribution in [2.24, 2.45) is 5.92 Å². The van der Waals surface area contributed by atoms with Gasteiger partial charge in [0.25, 0.3) is 0 Å². The Bertz CT molecular complexity index is 2770. The Morgan fingerprint density at radius 2 is 1.76 bits per heavy atom. The van der Waals surface area contributed by atoms with Crippen molar-refractivity contribution in [3.63, 3.8) is 0 Å². The summed E-state index contributed by atoms with van der Waals surface area (Å²) in [6, 6.07) is 19.5. The number of aryl methyl sites for hydroxylation is 2. The van der Waals surface area contributed by atoms with Gasteiger partial charge in [0, 0.05) is 60.1 Å². The Hall–Kier alpha value is -6.10. The fourth-order valence-electron chi connectivity index (χ4n) is 8.72. The number of carbonyl (C=O) groups is 2. The molecule has 5 atom stereocenters. The summed E-state index contributed by atoms with van der Waals surface area (Å²) in [5.74, 6) is -0.226. The fourth-order valence-corrected chi connectivity index (χ4v) is 10.8. The molecular weight excluding hydrogens is 823 g/mol. The number of hydrogen-bond acceptors (Lipinski definition) is 14. The molecule has 0 unspecified atom stereocenters. The predicted octanol–water partition coefficient (Wildman–Crippen LogP) is 7.82. The van der Waals surface area contributed by atoms with Crippen LogP contribution in [0.4, 0.5) is 5.95 Å². The predicted molar refractivity (Wildman–Crippen MR) is 239 cm³/mol. The van der Waals surface area contributed by atoms with Crippen molar-refractivity contribution in [2.45, 2.75) is 77.5 Å². The van der Waals surface area contributed by atoms with E-state index in [1.54, 1.807) is 53.1 Å². The molecule has 0 aliphatic carbocycles. The molecule has 62 heavy (non-hydrogen) atoms. The van der Waals surface area contributed by atoms with Crippen LogP contribution in [0, 0.1) is 19.8 Å². The van der Waals surface area contributed by atoms with Crippen molar-refractivity contribution in [1.29, 1.82) is 0 Å². The smallest absolute Gasteiger partial charge is 0.243 e. The van der Waals surface area contributed by atoms with Crippen molar-refractivity contribution >= 4 is 50.7 Å². The number of anilines is 1. The van der Waals surface area contributed by atoms with Gasteiger partial charge >= 0.3 is 0 Å². The number of thiazole rings is 1. The summed E-state index contributed by atoms with van der Waals surface area (Å²) in [5, 5.41) is 38.6. The van der Waals surface area contributed by atoms with E-state index in [2.05, 4.69) is 42.5 Å². The van der Waals surface area contributed by atoms with Gasteiger partial charge in [-0.2, -0.15) is 0 Å². The first-order valence-electron chi connectivity index (χ1n) is 20.8. The molecule has 0 spiro atoms. The molecule has 2 aliphatic heterocycles. The lowest BCUT2D eigenvalue weighted by atomic mass is 9.91. The minimum absolute atomic E-state index is 0.0399. The quantitative estimate of drug-likeness (QED) is 0.115. The normalized spacial score (nSPS) is 18.8. The SMILES string of the molecule is Cc1ncsc1-c1ccc([C@H](C)NC(=O)[C@@H]2C[C@@H](O)CN2C(=O)[C@@H](c2cc(-c3ccnc(N4CC[C@@H](c5sc6nnc(-c7ccccc7O)cc6c5C)C4)n3)no2)C(C)C)cc1. The van der Waals surface area contributed by atoms with Crippen LogP contribution in [-0.2, 0) is 9.59 Å². The number of hydrogen-bond donors (Lipinski definition) is 3. The second-order valence-electron chi connectivity index (χ2n) is 16.6. The molecule has 0 bridgehead atoms. The third kappa shape index (κ3) is 7.93. The highest BCUT2D eigenvalue weighted by Gasteiger charge is 2.43. The van der Waals surface area contributed by atoms with Crippen molar-refractivity contribution in [1.82, 2.24) is 40.5 Å². The van der Waals surface area contributed by atoms with E-state index in [1.807, 2.05) is 75.7 Å². The van der Waals surface area contributed by atoms with Crippen LogP contribution in [0.5, 0.6) is 5.75 Å². The Balaban J connectivity index is 0.876. The number of fused-ring (bicyclic) bond motifs is 1. The zero-order valence-corrected chi connectivity index (χ0v) is 36.7. The molecule has 3 N–H and O–H groups in total. The summed E-state index contributed by atoms with van der Waals surface area (Å²) in [6.07, 6.45) is 1.92. The summed E-state index contributed by atoms with van der Waals surface area (Å²) < 4.78 is 5.88. The number of likely N-dealkylation sites (tertiary alicyclic amines) is 1. The number of amides is 2. The van der Waals surface area contributed by atoms with E-state index in [9.17, 15) is 19.8 Å². The maximum absolute atomic E-state index is 14.4. The number of rotatable bonds is 11. The highest BCUT2D eigenvalue weighted by atomic mass is 32.1. The molecule has 14 nitrogen and oxygen atoms in total. The molecule has 7 heterocycles. The minimum Gasteiger partial charge on any atom is -0.507 e. The van der Waals surface area contributed by atoms with E-state index in [-0.39, 0.29) is 48.4 Å². The number of nitrogens with one attached hydrogen (secondary N) is 1. The lowest BCUT2D eigenvalue weighted by Crippen LogP contribution is -2.48. The van der Waals surface area contributed by atoms with Crippen molar-refractivity contribution in [3.8, 4) is 38.8 Å². The number of para-hydroxylation sites is 1. The van der Waals surface area contributed by atoms with Gasteiger partial charge in [-0.25, -0.2) is 15.0 Å². The molecule has 0 radical (unpaired) electrons. The average molecular weight is 870 g/mol. The first-order valence-corrected chi connectivity index (χ1v) is 22.5. The van der Waals surface area contributed by atoms with Crippen LogP contribution >= 0.6 is 22.7 Å². The van der Waals surface area contributed by atoms with E-state index < -0.39 is 18.1 Å². The first-order chi connectivity index (χ1) is 29.9. The van der Waals surface area contributed by atoms with Gasteiger partial charge in [-0.15, -0.1) is 32.9 Å². The molecule has 2 aromatic carbocycles. The summed E-state index contributed by atoms with van der Waals surface area (Å²) in [5.41, 5.74) is 8.27. The van der Waals surface area contributed by atoms with E-state index in [0.717, 1.165) is 57.0 Å². The molecule has 16 heteroatoms. The van der Waals surface area contributed by atoms with Gasteiger partial charge in [-0.1, -0.05) is 55.4 Å². The second kappa shape index (κ2) is 17.0. The van der Waals surface area contributed by atoms with Crippen molar-refractivity contribution in [3.05, 3.63) is 106 Å². The average Bonchev–Trinajstić information content (AvgIpc) is 4.13. The van der Waals surface area contributed by atoms with Crippen LogP contribution in [0.1, 0.15) is 78.9 Å². The Labute approximate surface area is 366 Å². The van der Waals surface area contributed by atoms with Gasteiger partial charge in [-0.3, -0.25) is 9.59 Å². The number of aliphatic hydroxyl groups excluding tert-OH is 1. The van der Waals surface area contributed by atoms with E-state index in [1.165, 1.54) is 9.78 Å². The Morgan fingerprint density at radius 1 is 0.952 bits per heavy atom. The number of carbonyl (C=O) groups excluding carboxylic acids is 2. The number of aliphatic hydroxyl groups is 1. The second-order valence-corrected chi connectivity index (χ2v) is 18.5. The van der Waals surface area contributed by atoms with E-state index >= 15 is 0 Å². The number of β-amino-alcohol motifs (C(OH)–C–C–N with tert-alkyl or cyclic N) is 1. The van der Waals surface area contributed by atoms with Crippen LogP contribution in [-0.4, -0.2) is 89.0 Å². The van der Waals surface area contributed by atoms with E-state index in [0.29, 0.717) is 34.4 Å². The highest BCUT2D eigenvalue weighted by molar-refractivity contribution is 7.19. The van der Waals surface area contributed by atoms with Gasteiger partial charge in [0.2, 0.25) is 17.8 Å². The molecule has 2 amide bonds. The van der Waals surface area contributed by atoms with Crippen LogP contribution < -0.4 is 10.2 Å². The number of nitrogens with zero attached hydrogens (tertiary/aromatic N) is 8. The third-order valence-electron chi connectivity index (χ3n) is 12.1. The topological polar surface area (TPSA) is 184 Å². The minimum atomic E-state index is -0.845. The summed E-state index contributed by atoms with van der Waals surface area (Å²) in [4.78, 5) is 48.9. The van der Waals surface area contributed by atoms with Crippen LogP contribution in [0.2, 0.25) is 0 Å². The number of phenols is 1. The molecular formula is C46H47N9O5S2. The first kappa shape index (κ1) is 41.3. The number of phenolic OH excluding ortho intramolecular Hbond substituents is 1. The zero-order chi connectivity index (χ0) is 43.2.